The molecule has 0 amide bonds. The molecule has 0 spiro atoms. The van der Waals surface area contributed by atoms with Crippen molar-refractivity contribution < 1.29 is 39.6 Å². The van der Waals surface area contributed by atoms with Crippen molar-refractivity contribution in [3.05, 3.63) is 61.4 Å². The van der Waals surface area contributed by atoms with Crippen molar-refractivity contribution in [1.29, 1.82) is 0 Å². The van der Waals surface area contributed by atoms with Crippen molar-refractivity contribution in [2.24, 2.45) is 0 Å². The molecule has 2 rings (SSSR count). The molecule has 0 aliphatic carbocycles. The molecule has 0 nitrogen and oxygen atoms in total. The van der Waals surface area contributed by atoms with E-state index in [9.17, 15) is 0 Å². The van der Waals surface area contributed by atoms with Gasteiger partial charge in [0.2, 0.25) is 0 Å². The SMILES string of the molecule is [CH2-]c1ccc2cc([CH2-])ccc2c1.[V].[W]. The number of fused-ring (bicyclic) bond motifs is 1. The van der Waals surface area contributed by atoms with Crippen LogP contribution in [0, 0.1) is 13.8 Å². The zero-order valence-corrected chi connectivity index (χ0v) is 12.1. The van der Waals surface area contributed by atoms with Crippen LogP contribution in [-0.2, 0) is 39.6 Å². The van der Waals surface area contributed by atoms with E-state index in [2.05, 4.69) is 38.1 Å². The molecule has 2 heteroatoms. The maximum atomic E-state index is 3.88. The molecule has 1 radical (unpaired) electrons. The second-order valence-corrected chi connectivity index (χ2v) is 3.02. The van der Waals surface area contributed by atoms with Crippen molar-refractivity contribution in [2.75, 3.05) is 0 Å². The molecule has 0 aromatic heterocycles. The summed E-state index contributed by atoms with van der Waals surface area (Å²) in [5.41, 5.74) is 2.11. The summed E-state index contributed by atoms with van der Waals surface area (Å²) in [4.78, 5) is 0. The van der Waals surface area contributed by atoms with Crippen LogP contribution in [0.2, 0.25) is 0 Å². The van der Waals surface area contributed by atoms with Gasteiger partial charge in [-0.25, -0.2) is 0 Å². The van der Waals surface area contributed by atoms with E-state index in [4.69, 9.17) is 0 Å². The van der Waals surface area contributed by atoms with Gasteiger partial charge in [-0.2, -0.15) is 49.2 Å². The quantitative estimate of drug-likeness (QED) is 0.608. The summed E-state index contributed by atoms with van der Waals surface area (Å²) >= 11 is 0. The van der Waals surface area contributed by atoms with Gasteiger partial charge in [0.1, 0.15) is 0 Å². The molecule has 0 N–H and O–H groups in total. The summed E-state index contributed by atoms with van der Waals surface area (Å²) in [5, 5.41) is 2.46. The Bertz CT molecular complexity index is 382. The second-order valence-electron chi connectivity index (χ2n) is 3.02. The third-order valence-corrected chi connectivity index (χ3v) is 1.97. The van der Waals surface area contributed by atoms with Crippen LogP contribution in [-0.4, -0.2) is 0 Å². The molecule has 0 aliphatic heterocycles. The Morgan fingerprint density at radius 1 is 0.714 bits per heavy atom. The molecule has 0 saturated heterocycles. The van der Waals surface area contributed by atoms with Crippen LogP contribution in [0.5, 0.6) is 0 Å². The van der Waals surface area contributed by atoms with E-state index in [0.717, 1.165) is 11.1 Å². The van der Waals surface area contributed by atoms with Gasteiger partial charge in [-0.05, 0) is 0 Å². The molecule has 0 bridgehead atoms. The molecule has 0 unspecified atom stereocenters. The second kappa shape index (κ2) is 5.56. The molecular formula is C12H10VW-2. The number of rotatable bonds is 0. The molecule has 2 aromatic carbocycles. The Morgan fingerprint density at radius 3 is 1.43 bits per heavy atom. The predicted octanol–water partition coefficient (Wildman–Crippen LogP) is 3.20. The van der Waals surface area contributed by atoms with Crippen LogP contribution in [0.4, 0.5) is 0 Å². The molecule has 0 atom stereocenters. The van der Waals surface area contributed by atoms with E-state index in [1.807, 2.05) is 12.1 Å². The first kappa shape index (κ1) is 13.7. The smallest absolute Gasteiger partial charge is 0 e. The van der Waals surface area contributed by atoms with Crippen LogP contribution in [0.25, 0.3) is 10.8 Å². The standard InChI is InChI=1S/C12H10.V.W/c1-9-3-5-12-8-10(2)4-6-11(12)7-9;;/h3-8H,1-2H2;;/q-2;;. The summed E-state index contributed by atoms with van der Waals surface area (Å²) in [5.74, 6) is 0. The normalized spacial score (nSPS) is 8.86. The Hall–Kier alpha value is -0.287. The first-order chi connectivity index (χ1) is 5.75. The minimum absolute atomic E-state index is 0. The first-order valence-electron chi connectivity index (χ1n) is 3.93. The largest absolute Gasteiger partial charge is 0.199 e. The minimum atomic E-state index is 0. The molecule has 2 aromatic rings. The van der Waals surface area contributed by atoms with E-state index < -0.39 is 0 Å². The van der Waals surface area contributed by atoms with Gasteiger partial charge in [0, 0.05) is 39.6 Å². The van der Waals surface area contributed by atoms with E-state index in [1.54, 1.807) is 0 Å². The number of hydrogen-bond acceptors (Lipinski definition) is 0. The van der Waals surface area contributed by atoms with Crippen molar-refractivity contribution in [2.45, 2.75) is 0 Å². The fourth-order valence-electron chi connectivity index (χ4n) is 1.34. The van der Waals surface area contributed by atoms with E-state index in [1.165, 1.54) is 10.8 Å². The predicted molar refractivity (Wildman–Crippen MR) is 52.9 cm³/mol. The average Bonchev–Trinajstić information content (AvgIpc) is 2.05. The van der Waals surface area contributed by atoms with Gasteiger partial charge in [0.15, 0.2) is 0 Å². The summed E-state index contributed by atoms with van der Waals surface area (Å²) < 4.78 is 0. The van der Waals surface area contributed by atoms with Gasteiger partial charge >= 0.3 is 0 Å². The maximum Gasteiger partial charge on any atom is 0 e. The molecule has 71 valence electrons. The van der Waals surface area contributed by atoms with E-state index in [-0.39, 0.29) is 39.6 Å². The molecule has 0 aliphatic rings. The van der Waals surface area contributed by atoms with E-state index >= 15 is 0 Å². The molecule has 0 fully saturated rings. The Balaban J connectivity index is 0.000000845. The summed E-state index contributed by atoms with van der Waals surface area (Å²) in [6, 6.07) is 12.3. The molecule has 0 heterocycles. The van der Waals surface area contributed by atoms with Crippen molar-refractivity contribution in [3.8, 4) is 0 Å². The summed E-state index contributed by atoms with van der Waals surface area (Å²) in [6.07, 6.45) is 0. The monoisotopic (exact) mass is 389 g/mol. The van der Waals surface area contributed by atoms with Gasteiger partial charge < -0.3 is 0 Å². The van der Waals surface area contributed by atoms with Crippen molar-refractivity contribution >= 4 is 10.8 Å². The van der Waals surface area contributed by atoms with Crippen LogP contribution < -0.4 is 0 Å². The maximum absolute atomic E-state index is 3.88. The summed E-state index contributed by atoms with van der Waals surface area (Å²) in [7, 11) is 0. The Morgan fingerprint density at radius 2 is 1.07 bits per heavy atom. The molecular weight excluding hydrogens is 379 g/mol. The Kier molecular flexibility index (Phi) is 5.44. The van der Waals surface area contributed by atoms with E-state index in [0.29, 0.717) is 0 Å². The van der Waals surface area contributed by atoms with Gasteiger partial charge in [0.25, 0.3) is 0 Å². The fourth-order valence-corrected chi connectivity index (χ4v) is 1.34. The van der Waals surface area contributed by atoms with Crippen LogP contribution >= 0.6 is 0 Å². The third-order valence-electron chi connectivity index (χ3n) is 1.97. The molecule has 14 heavy (non-hydrogen) atoms. The summed E-state index contributed by atoms with van der Waals surface area (Å²) in [6.45, 7) is 7.75. The topological polar surface area (TPSA) is 0 Å². The fraction of sp³-hybridized carbons (Fsp3) is 0. The van der Waals surface area contributed by atoms with Crippen LogP contribution in [0.3, 0.4) is 0 Å². The van der Waals surface area contributed by atoms with Gasteiger partial charge in [-0.3, -0.25) is 0 Å². The zero-order chi connectivity index (χ0) is 8.55. The zero-order valence-electron chi connectivity index (χ0n) is 7.73. The number of benzene rings is 2. The minimum Gasteiger partial charge on any atom is -0.199 e. The van der Waals surface area contributed by atoms with Gasteiger partial charge in [0.05, 0.1) is 0 Å². The Labute approximate surface area is 111 Å². The van der Waals surface area contributed by atoms with Gasteiger partial charge in [-0.1, -0.05) is 10.8 Å². The van der Waals surface area contributed by atoms with Gasteiger partial charge in [-0.15, -0.1) is 12.1 Å². The van der Waals surface area contributed by atoms with Crippen LogP contribution in [0.15, 0.2) is 36.4 Å². The average molecular weight is 389 g/mol. The van der Waals surface area contributed by atoms with Crippen LogP contribution in [0.1, 0.15) is 11.1 Å². The number of hydrogen-bond donors (Lipinski definition) is 0. The third kappa shape index (κ3) is 2.85. The molecule has 0 saturated carbocycles. The first-order valence-corrected chi connectivity index (χ1v) is 3.93. The van der Waals surface area contributed by atoms with Crippen molar-refractivity contribution in [1.82, 2.24) is 0 Å². The van der Waals surface area contributed by atoms with Crippen molar-refractivity contribution in [3.63, 3.8) is 0 Å².